The van der Waals surface area contributed by atoms with E-state index in [0.29, 0.717) is 12.8 Å². The Kier molecular flexibility index (Phi) is 25.5. The number of nitrogens with one attached hydrogen (secondary N) is 2. The largest absolute Gasteiger partial charge is 0.550 e. The van der Waals surface area contributed by atoms with Crippen LogP contribution in [0, 0.1) is 53.3 Å². The number of ether oxygens (including phenoxy) is 4. The van der Waals surface area contributed by atoms with Crippen molar-refractivity contribution in [3.05, 3.63) is 0 Å². The number of likely N-dealkylation sites (tertiary alicyclic amines) is 1. The van der Waals surface area contributed by atoms with Crippen LogP contribution in [-0.4, -0.2) is 188 Å². The minimum absolute atomic E-state index is 0.238. The van der Waals surface area contributed by atoms with Crippen molar-refractivity contribution in [2.24, 2.45) is 53.3 Å². The maximum Gasteiger partial charge on any atom is 0.227 e. The number of carboxylic acids is 1. The van der Waals surface area contributed by atoms with Crippen LogP contribution < -0.4 is 21.5 Å². The van der Waals surface area contributed by atoms with Crippen LogP contribution in [0.1, 0.15) is 122 Å². The van der Waals surface area contributed by atoms with Gasteiger partial charge >= 0.3 is 0 Å². The zero-order chi connectivity index (χ0) is 57.1. The Bertz CT molecular complexity index is 1950. The number of amides is 3. The Morgan fingerprint density at radius 3 is 1.72 bits per heavy atom. The topological polar surface area (TPSA) is 373 Å². The number of aliphatic hydroxyl groups is 6. The summed E-state index contributed by atoms with van der Waals surface area (Å²) in [4.78, 5) is 109. The van der Waals surface area contributed by atoms with Crippen molar-refractivity contribution in [2.75, 3.05) is 19.8 Å². The number of rotatable bonds is 29. The highest BCUT2D eigenvalue weighted by molar-refractivity contribution is 5.97. The zero-order valence-electron chi connectivity index (χ0n) is 45.8. The predicted molar refractivity (Wildman–Crippen MR) is 264 cm³/mol. The number of carboxylic acid groups (broad SMARTS) is 1. The Morgan fingerprint density at radius 1 is 0.653 bits per heavy atom. The Morgan fingerprint density at radius 2 is 1.19 bits per heavy atom. The summed E-state index contributed by atoms with van der Waals surface area (Å²) in [6, 6.07) is -4.00. The summed E-state index contributed by atoms with van der Waals surface area (Å²) in [6.45, 7) is 18.7. The Hall–Kier alpha value is -3.88. The van der Waals surface area contributed by atoms with E-state index in [1.807, 2.05) is 0 Å². The number of hydrogen-bond donors (Lipinski definition) is 9. The van der Waals surface area contributed by atoms with Gasteiger partial charge in [-0.15, -0.1) is 0 Å². The smallest absolute Gasteiger partial charge is 0.227 e. The van der Waals surface area contributed by atoms with E-state index in [2.05, 4.69) is 16.4 Å². The monoisotopic (exact) mass is 1070 g/mol. The highest BCUT2D eigenvalue weighted by Gasteiger charge is 2.51. The van der Waals surface area contributed by atoms with Gasteiger partial charge in [-0.1, -0.05) is 69.2 Å². The first-order valence-corrected chi connectivity index (χ1v) is 26.5. The van der Waals surface area contributed by atoms with Gasteiger partial charge in [0.15, 0.2) is 41.8 Å². The van der Waals surface area contributed by atoms with E-state index >= 15 is 0 Å². The molecule has 3 heterocycles. The quantitative estimate of drug-likeness (QED) is 0.0376. The van der Waals surface area contributed by atoms with Gasteiger partial charge in [-0.3, -0.25) is 33.6 Å². The number of carbonyl (C=O) groups excluding carboxylic acids is 8. The van der Waals surface area contributed by atoms with Gasteiger partial charge in [-0.2, -0.15) is 0 Å². The molecule has 0 aromatic heterocycles. The van der Waals surface area contributed by atoms with E-state index in [4.69, 9.17) is 18.9 Å². The predicted octanol–water partition coefficient (Wildman–Crippen LogP) is -2.42. The SMILES string of the molecule is CC(CC(=O)[C@@H]1CCCN1C(=O)C(CC(=O)[C@@H]([NH3+])C(C)O[C@H]1OC(CO)[C@H](O)[C@H](O[C@@H]2OC(CO)[C@H](O)[C@H](O)C2O)C1C)C(C)C)C(=O)N[C@@H](C)C(=O)CC(C(=O)N[C@H](C(=O)CC(C(=O)[O-])C(C)C)C(C)C)C(C)C. The van der Waals surface area contributed by atoms with Crippen molar-refractivity contribution in [2.45, 2.75) is 207 Å². The minimum atomic E-state index is -1.78. The van der Waals surface area contributed by atoms with E-state index in [1.54, 1.807) is 69.2 Å². The molecule has 3 fully saturated rings. The van der Waals surface area contributed by atoms with Crippen molar-refractivity contribution in [3.8, 4) is 0 Å². The summed E-state index contributed by atoms with van der Waals surface area (Å²) in [5, 5.41) is 78.9. The molecule has 9 unspecified atom stereocenters. The third kappa shape index (κ3) is 17.1. The first-order valence-electron chi connectivity index (χ1n) is 26.5. The number of carbonyl (C=O) groups is 8. The molecule has 0 aromatic carbocycles. The lowest BCUT2D eigenvalue weighted by molar-refractivity contribution is -0.432. The van der Waals surface area contributed by atoms with Gasteiger partial charge in [0.1, 0.15) is 42.7 Å². The van der Waals surface area contributed by atoms with Gasteiger partial charge in [0, 0.05) is 67.8 Å². The van der Waals surface area contributed by atoms with Crippen molar-refractivity contribution >= 4 is 46.8 Å². The van der Waals surface area contributed by atoms with E-state index in [-0.39, 0.29) is 61.7 Å². The minimum Gasteiger partial charge on any atom is -0.550 e. The molecular weight excluding hydrogens is 985 g/mol. The third-order valence-corrected chi connectivity index (χ3v) is 15.3. The number of quaternary nitrogens is 1. The zero-order valence-corrected chi connectivity index (χ0v) is 45.8. The molecule has 0 spiro atoms. The highest BCUT2D eigenvalue weighted by atomic mass is 16.7. The molecule has 75 heavy (non-hydrogen) atoms. The molecular formula is C52H88N4O19. The maximum absolute atomic E-state index is 14.3. The highest BCUT2D eigenvalue weighted by Crippen LogP contribution is 2.34. The molecule has 0 bridgehead atoms. The van der Waals surface area contributed by atoms with E-state index in [9.17, 15) is 74.1 Å². The summed E-state index contributed by atoms with van der Waals surface area (Å²) in [7, 11) is 0. The molecule has 0 aliphatic carbocycles. The maximum atomic E-state index is 14.3. The second kappa shape index (κ2) is 29.2. The van der Waals surface area contributed by atoms with Crippen molar-refractivity contribution < 1.29 is 98.8 Å². The van der Waals surface area contributed by atoms with Gasteiger partial charge in [0.2, 0.25) is 17.7 Å². The van der Waals surface area contributed by atoms with Crippen LogP contribution in [0.4, 0.5) is 0 Å². The van der Waals surface area contributed by atoms with Crippen molar-refractivity contribution in [1.29, 1.82) is 0 Å². The Balaban J connectivity index is 1.62. The first-order chi connectivity index (χ1) is 34.9. The van der Waals surface area contributed by atoms with Crippen LogP contribution in [0.15, 0.2) is 0 Å². The van der Waals surface area contributed by atoms with Crippen molar-refractivity contribution in [1.82, 2.24) is 15.5 Å². The molecule has 3 amide bonds. The van der Waals surface area contributed by atoms with Gasteiger partial charge in [-0.25, -0.2) is 0 Å². The van der Waals surface area contributed by atoms with Crippen LogP contribution in [0.5, 0.6) is 0 Å². The molecule has 23 heteroatoms. The van der Waals surface area contributed by atoms with Gasteiger partial charge in [0.25, 0.3) is 0 Å². The second-order valence-corrected chi connectivity index (χ2v) is 22.4. The normalized spacial score (nSPS) is 29.5. The molecule has 3 saturated heterocycles. The van der Waals surface area contributed by atoms with Crippen LogP contribution >= 0.6 is 0 Å². The lowest BCUT2D eigenvalue weighted by Crippen LogP contribution is -2.71. The molecule has 3 aliphatic rings. The summed E-state index contributed by atoms with van der Waals surface area (Å²) in [5.41, 5.74) is 4.03. The van der Waals surface area contributed by atoms with Crippen LogP contribution in [0.3, 0.4) is 0 Å². The number of aliphatic hydroxyl groups excluding tert-OH is 6. The number of ketones is 4. The Labute approximate surface area is 440 Å². The molecule has 3 rings (SSSR count). The standard InChI is InChI=1S/C52H88N4O19/c1-22(2)30(48(68)55-41(25(7)8)37(62)19-32(24(5)6)50(70)71)17-34(59)28(11)54-47(67)26(9)16-35(60)33-14-13-15-56(33)49(69)31(23(3)4)18-36(61)40(53)29(12)72-51-27(10)46(43(64)39(21-58)73-51)75-52-45(66)44(65)42(63)38(20-57)74-52/h22-33,38-46,51-52,57-58,63-66H,13-21,53H2,1-12H3,(H,54,67)(H,55,68)(H,70,71)/t26?,27?,28-,29?,30?,31?,32?,33-,38?,39?,40-,41-,42-,43-,44-,45?,46+,51-,52-/m0/s1. The van der Waals surface area contributed by atoms with Gasteiger partial charge in [-0.05, 0) is 50.4 Å². The van der Waals surface area contributed by atoms with E-state index in [0.717, 1.165) is 0 Å². The molecule has 19 atom stereocenters. The number of aliphatic carboxylic acids is 1. The van der Waals surface area contributed by atoms with Crippen LogP contribution in [0.25, 0.3) is 0 Å². The fourth-order valence-corrected chi connectivity index (χ4v) is 9.83. The number of Topliss-reactive ketones (excluding diaryl/α,β-unsaturated/α-hetero) is 4. The number of nitrogens with zero attached hydrogens (tertiary/aromatic N) is 1. The fraction of sp³-hybridized carbons (Fsp3) is 0.846. The van der Waals surface area contributed by atoms with Crippen molar-refractivity contribution in [3.63, 3.8) is 0 Å². The lowest BCUT2D eigenvalue weighted by Gasteiger charge is -2.47. The summed E-state index contributed by atoms with van der Waals surface area (Å²) in [6.07, 6.45) is -14.6. The third-order valence-electron chi connectivity index (χ3n) is 15.3. The second-order valence-electron chi connectivity index (χ2n) is 22.4. The summed E-state index contributed by atoms with van der Waals surface area (Å²) in [5.74, 6) is -10.7. The molecule has 11 N–H and O–H groups in total. The summed E-state index contributed by atoms with van der Waals surface area (Å²) >= 11 is 0. The molecule has 23 nitrogen and oxygen atoms in total. The average Bonchev–Trinajstić information content (AvgIpc) is 3.84. The van der Waals surface area contributed by atoms with Gasteiger partial charge in [0.05, 0.1) is 37.4 Å². The number of hydrogen-bond acceptors (Lipinski definition) is 19. The van der Waals surface area contributed by atoms with Crippen LogP contribution in [0.2, 0.25) is 0 Å². The summed E-state index contributed by atoms with van der Waals surface area (Å²) < 4.78 is 23.3. The van der Waals surface area contributed by atoms with Crippen LogP contribution in [-0.2, 0) is 57.3 Å². The average molecular weight is 1070 g/mol. The molecule has 3 aliphatic heterocycles. The van der Waals surface area contributed by atoms with E-state index in [1.165, 1.54) is 18.7 Å². The first kappa shape index (κ1) is 65.4. The fourth-order valence-electron chi connectivity index (χ4n) is 9.83. The lowest BCUT2D eigenvalue weighted by atomic mass is 9.85. The molecule has 430 valence electrons. The molecule has 0 radical (unpaired) electrons. The molecule has 0 saturated carbocycles. The van der Waals surface area contributed by atoms with E-state index < -0.39 is 169 Å². The van der Waals surface area contributed by atoms with Gasteiger partial charge < -0.3 is 80.8 Å². The molecule has 0 aromatic rings.